The Labute approximate surface area is 136 Å². The minimum atomic E-state index is 0.192. The van der Waals surface area contributed by atoms with E-state index in [-0.39, 0.29) is 6.04 Å². The highest BCUT2D eigenvalue weighted by Gasteiger charge is 2.12. The van der Waals surface area contributed by atoms with Crippen molar-refractivity contribution in [2.24, 2.45) is 5.84 Å². The summed E-state index contributed by atoms with van der Waals surface area (Å²) in [6.45, 7) is 2.25. The maximum atomic E-state index is 5.97. The molecule has 1 rings (SSSR count). The molecule has 0 heterocycles. The van der Waals surface area contributed by atoms with Gasteiger partial charge in [0, 0.05) is 15.5 Å². The lowest BCUT2D eigenvalue weighted by Crippen LogP contribution is -2.28. The number of halogens is 2. The first-order valence-electron chi connectivity index (χ1n) is 7.60. The SMILES string of the molecule is CCCCCCCCCC(NN)c1ccc(Cl)cc1Br. The van der Waals surface area contributed by atoms with E-state index in [1.165, 1.54) is 50.5 Å². The number of nitrogens with one attached hydrogen (secondary N) is 1. The monoisotopic (exact) mass is 360 g/mol. The summed E-state index contributed by atoms with van der Waals surface area (Å²) in [4.78, 5) is 0. The van der Waals surface area contributed by atoms with E-state index in [4.69, 9.17) is 17.4 Å². The van der Waals surface area contributed by atoms with Crippen molar-refractivity contribution in [1.82, 2.24) is 5.43 Å². The van der Waals surface area contributed by atoms with Crippen molar-refractivity contribution in [3.05, 3.63) is 33.3 Å². The summed E-state index contributed by atoms with van der Waals surface area (Å²) in [5.74, 6) is 5.69. The molecule has 4 heteroatoms. The highest BCUT2D eigenvalue weighted by molar-refractivity contribution is 9.10. The molecule has 0 saturated heterocycles. The topological polar surface area (TPSA) is 38.0 Å². The molecule has 1 unspecified atom stereocenters. The second kappa shape index (κ2) is 10.6. The molecule has 0 spiro atoms. The minimum absolute atomic E-state index is 0.192. The molecule has 0 fully saturated rings. The third-order valence-electron chi connectivity index (χ3n) is 3.64. The van der Waals surface area contributed by atoms with Crippen LogP contribution in [0.1, 0.15) is 69.9 Å². The standard InChI is InChI=1S/C16H26BrClN2/c1-2-3-4-5-6-7-8-9-16(20-19)14-11-10-13(18)12-15(14)17/h10-12,16,20H,2-9,19H2,1H3. The third kappa shape index (κ3) is 6.57. The molecule has 0 bridgehead atoms. The average molecular weight is 362 g/mol. The van der Waals surface area contributed by atoms with Gasteiger partial charge in [0.25, 0.3) is 0 Å². The molecule has 1 aromatic rings. The first-order chi connectivity index (χ1) is 9.69. The summed E-state index contributed by atoms with van der Waals surface area (Å²) in [6, 6.07) is 6.07. The summed E-state index contributed by atoms with van der Waals surface area (Å²) in [5, 5.41) is 0.743. The van der Waals surface area contributed by atoms with Crippen LogP contribution in [0.15, 0.2) is 22.7 Å². The van der Waals surface area contributed by atoms with Gasteiger partial charge in [0.2, 0.25) is 0 Å². The molecular formula is C16H26BrClN2. The zero-order valence-corrected chi connectivity index (χ0v) is 14.6. The lowest BCUT2D eigenvalue weighted by atomic mass is 10.00. The first-order valence-corrected chi connectivity index (χ1v) is 8.77. The maximum Gasteiger partial charge on any atom is 0.0471 e. The molecular weight excluding hydrogens is 336 g/mol. The number of nitrogens with two attached hydrogens (primary N) is 1. The van der Waals surface area contributed by atoms with Gasteiger partial charge in [-0.1, -0.05) is 85.5 Å². The van der Waals surface area contributed by atoms with Crippen molar-refractivity contribution in [2.45, 2.75) is 64.3 Å². The van der Waals surface area contributed by atoms with Crippen LogP contribution in [0, 0.1) is 0 Å². The highest BCUT2D eigenvalue weighted by Crippen LogP contribution is 2.29. The predicted molar refractivity (Wildman–Crippen MR) is 91.8 cm³/mol. The van der Waals surface area contributed by atoms with Gasteiger partial charge in [-0.15, -0.1) is 0 Å². The molecule has 0 aliphatic carbocycles. The van der Waals surface area contributed by atoms with Crippen molar-refractivity contribution in [3.63, 3.8) is 0 Å². The van der Waals surface area contributed by atoms with Crippen LogP contribution < -0.4 is 11.3 Å². The molecule has 1 aromatic carbocycles. The number of hydrogen-bond donors (Lipinski definition) is 2. The number of rotatable bonds is 10. The quantitative estimate of drug-likeness (QED) is 0.316. The Morgan fingerprint density at radius 2 is 1.80 bits per heavy atom. The Morgan fingerprint density at radius 3 is 2.40 bits per heavy atom. The summed E-state index contributed by atoms with van der Waals surface area (Å²) in [7, 11) is 0. The van der Waals surface area contributed by atoms with E-state index in [1.807, 2.05) is 18.2 Å². The molecule has 2 nitrogen and oxygen atoms in total. The second-order valence-corrected chi connectivity index (χ2v) is 6.59. The normalized spacial score (nSPS) is 12.6. The molecule has 0 amide bonds. The molecule has 114 valence electrons. The number of hydrogen-bond acceptors (Lipinski definition) is 2. The molecule has 0 aliphatic rings. The fourth-order valence-corrected chi connectivity index (χ4v) is 3.38. The summed E-state index contributed by atoms with van der Waals surface area (Å²) in [5.41, 5.74) is 4.10. The van der Waals surface area contributed by atoms with Gasteiger partial charge in [0.1, 0.15) is 0 Å². The van der Waals surface area contributed by atoms with Gasteiger partial charge < -0.3 is 0 Å². The predicted octanol–water partition coefficient (Wildman–Crippen LogP) is 5.75. The van der Waals surface area contributed by atoms with Gasteiger partial charge in [-0.05, 0) is 24.1 Å². The summed E-state index contributed by atoms with van der Waals surface area (Å²) in [6.07, 6.45) is 10.3. The minimum Gasteiger partial charge on any atom is -0.271 e. The number of benzene rings is 1. The van der Waals surface area contributed by atoms with E-state index >= 15 is 0 Å². The number of hydrazine groups is 1. The van der Waals surface area contributed by atoms with Crippen molar-refractivity contribution < 1.29 is 0 Å². The Bertz CT molecular complexity index is 385. The van der Waals surface area contributed by atoms with E-state index in [0.29, 0.717) is 0 Å². The Morgan fingerprint density at radius 1 is 1.15 bits per heavy atom. The van der Waals surface area contributed by atoms with E-state index in [1.54, 1.807) is 0 Å². The van der Waals surface area contributed by atoms with Crippen LogP contribution >= 0.6 is 27.5 Å². The molecule has 20 heavy (non-hydrogen) atoms. The van der Waals surface area contributed by atoms with Gasteiger partial charge in [0.05, 0.1) is 0 Å². The van der Waals surface area contributed by atoms with Crippen LogP contribution in [0.25, 0.3) is 0 Å². The molecule has 0 saturated carbocycles. The second-order valence-electron chi connectivity index (χ2n) is 5.30. The summed E-state index contributed by atoms with van der Waals surface area (Å²) < 4.78 is 1.02. The lowest BCUT2D eigenvalue weighted by Gasteiger charge is -2.18. The Hall–Kier alpha value is -0.0900. The zero-order valence-electron chi connectivity index (χ0n) is 12.3. The van der Waals surface area contributed by atoms with Crippen LogP contribution in [0.2, 0.25) is 5.02 Å². The molecule has 1 atom stereocenters. The molecule has 0 aromatic heterocycles. The molecule has 3 N–H and O–H groups in total. The van der Waals surface area contributed by atoms with Crippen LogP contribution in [-0.2, 0) is 0 Å². The van der Waals surface area contributed by atoms with E-state index in [2.05, 4.69) is 28.3 Å². The van der Waals surface area contributed by atoms with Crippen molar-refractivity contribution in [3.8, 4) is 0 Å². The molecule has 0 radical (unpaired) electrons. The van der Waals surface area contributed by atoms with Crippen LogP contribution in [0.5, 0.6) is 0 Å². The van der Waals surface area contributed by atoms with Gasteiger partial charge in [-0.2, -0.15) is 0 Å². The molecule has 0 aliphatic heterocycles. The van der Waals surface area contributed by atoms with Crippen LogP contribution in [0.4, 0.5) is 0 Å². The van der Waals surface area contributed by atoms with E-state index < -0.39 is 0 Å². The maximum absolute atomic E-state index is 5.97. The number of unbranched alkanes of at least 4 members (excludes halogenated alkanes) is 6. The van der Waals surface area contributed by atoms with E-state index in [9.17, 15) is 0 Å². The van der Waals surface area contributed by atoms with Crippen LogP contribution in [0.3, 0.4) is 0 Å². The highest BCUT2D eigenvalue weighted by atomic mass is 79.9. The van der Waals surface area contributed by atoms with Crippen molar-refractivity contribution >= 4 is 27.5 Å². The fourth-order valence-electron chi connectivity index (χ4n) is 2.42. The van der Waals surface area contributed by atoms with Crippen molar-refractivity contribution in [2.75, 3.05) is 0 Å². The average Bonchev–Trinajstić information content (AvgIpc) is 2.43. The van der Waals surface area contributed by atoms with Gasteiger partial charge >= 0.3 is 0 Å². The van der Waals surface area contributed by atoms with Gasteiger partial charge in [0.15, 0.2) is 0 Å². The van der Waals surface area contributed by atoms with Crippen LogP contribution in [-0.4, -0.2) is 0 Å². The van der Waals surface area contributed by atoms with Crippen molar-refractivity contribution in [1.29, 1.82) is 0 Å². The first kappa shape index (κ1) is 18.0. The van der Waals surface area contributed by atoms with Gasteiger partial charge in [-0.25, -0.2) is 0 Å². The summed E-state index contributed by atoms with van der Waals surface area (Å²) >= 11 is 9.53. The lowest BCUT2D eigenvalue weighted by molar-refractivity contribution is 0.474. The van der Waals surface area contributed by atoms with E-state index in [0.717, 1.165) is 15.9 Å². The zero-order chi connectivity index (χ0) is 14.8. The largest absolute Gasteiger partial charge is 0.271 e. The third-order valence-corrected chi connectivity index (χ3v) is 4.56. The fraction of sp³-hybridized carbons (Fsp3) is 0.625. The Kier molecular flexibility index (Phi) is 9.53. The smallest absolute Gasteiger partial charge is 0.0471 e. The Balaban J connectivity index is 2.32. The van der Waals surface area contributed by atoms with Gasteiger partial charge in [-0.3, -0.25) is 11.3 Å².